The van der Waals surface area contributed by atoms with Crippen LogP contribution >= 0.6 is 11.6 Å². The number of rotatable bonds is 6. The van der Waals surface area contributed by atoms with Gasteiger partial charge in [0.25, 0.3) is 5.56 Å². The number of para-hydroxylation sites is 1. The third-order valence-corrected chi connectivity index (χ3v) is 3.95. The number of hydrogen-bond acceptors (Lipinski definition) is 5. The highest BCUT2D eigenvalue weighted by molar-refractivity contribution is 6.32. The molecule has 0 spiro atoms. The smallest absolute Gasteiger partial charge is 0.422 e. The molecule has 10 heteroatoms. The van der Waals surface area contributed by atoms with E-state index in [2.05, 4.69) is 20.1 Å². The molecule has 3 aromatic rings. The summed E-state index contributed by atoms with van der Waals surface area (Å²) in [6.45, 7) is -1.17. The molecule has 6 nitrogen and oxygen atoms in total. The highest BCUT2D eigenvalue weighted by atomic mass is 35.5. The highest BCUT2D eigenvalue weighted by Gasteiger charge is 2.28. The van der Waals surface area contributed by atoms with E-state index in [1.807, 2.05) is 6.07 Å². The lowest BCUT2D eigenvalue weighted by molar-refractivity contribution is -0.154. The van der Waals surface area contributed by atoms with Gasteiger partial charge in [-0.2, -0.15) is 23.0 Å². The number of alkyl halides is 3. The second-order valence-corrected chi connectivity index (χ2v) is 6.06. The minimum absolute atomic E-state index is 0.0306. The van der Waals surface area contributed by atoms with Gasteiger partial charge in [-0.05, 0) is 17.7 Å². The third-order valence-electron chi connectivity index (χ3n) is 3.58. The first-order valence-corrected chi connectivity index (χ1v) is 8.43. The molecule has 0 aliphatic carbocycles. The van der Waals surface area contributed by atoms with E-state index in [-0.39, 0.29) is 17.4 Å². The Kier molecular flexibility index (Phi) is 5.84. The summed E-state index contributed by atoms with van der Waals surface area (Å²) < 4.78 is 42.1. The Morgan fingerprint density at radius 3 is 2.50 bits per heavy atom. The Morgan fingerprint density at radius 1 is 1.11 bits per heavy atom. The van der Waals surface area contributed by atoms with Gasteiger partial charge in [0, 0.05) is 18.8 Å². The monoisotopic (exact) mass is 410 g/mol. The van der Waals surface area contributed by atoms with Crippen molar-refractivity contribution >= 4 is 17.3 Å². The van der Waals surface area contributed by atoms with E-state index >= 15 is 0 Å². The largest absolute Gasteiger partial charge is 0.468 e. The zero-order chi connectivity index (χ0) is 20.1. The lowest BCUT2D eigenvalue weighted by atomic mass is 10.3. The summed E-state index contributed by atoms with van der Waals surface area (Å²) in [5, 5.41) is 7.02. The molecule has 1 aromatic carbocycles. The van der Waals surface area contributed by atoms with Gasteiger partial charge in [0.05, 0.1) is 17.6 Å². The van der Waals surface area contributed by atoms with Crippen molar-refractivity contribution in [1.82, 2.24) is 14.8 Å². The normalized spacial score (nSPS) is 11.3. The van der Waals surface area contributed by atoms with Gasteiger partial charge in [-0.1, -0.05) is 35.9 Å². The minimum Gasteiger partial charge on any atom is -0.468 e. The Bertz CT molecular complexity index is 992. The Morgan fingerprint density at radius 2 is 1.86 bits per heavy atom. The first kappa shape index (κ1) is 19.7. The number of anilines is 1. The summed E-state index contributed by atoms with van der Waals surface area (Å²) in [7, 11) is 0. The maximum Gasteiger partial charge on any atom is 0.422 e. The van der Waals surface area contributed by atoms with Crippen molar-refractivity contribution < 1.29 is 17.9 Å². The molecular formula is C18H14ClF3N4O2. The maximum absolute atomic E-state index is 12.4. The number of ether oxygens (including phenoxy) is 1. The zero-order valence-corrected chi connectivity index (χ0v) is 15.0. The molecule has 2 aromatic heterocycles. The number of nitrogens with one attached hydrogen (secondary N) is 1. The van der Waals surface area contributed by atoms with Crippen molar-refractivity contribution in [1.29, 1.82) is 0 Å². The molecule has 0 radical (unpaired) electrons. The zero-order valence-electron chi connectivity index (χ0n) is 14.3. The first-order chi connectivity index (χ1) is 13.3. The summed E-state index contributed by atoms with van der Waals surface area (Å²) >= 11 is 6.15. The van der Waals surface area contributed by atoms with Crippen molar-refractivity contribution in [2.45, 2.75) is 12.7 Å². The summed E-state index contributed by atoms with van der Waals surface area (Å²) in [6, 6.07) is 11.7. The van der Waals surface area contributed by atoms with Crippen LogP contribution in [0, 0.1) is 0 Å². The van der Waals surface area contributed by atoms with Gasteiger partial charge >= 0.3 is 6.18 Å². The maximum atomic E-state index is 12.4. The van der Waals surface area contributed by atoms with Crippen molar-refractivity contribution in [2.75, 3.05) is 11.9 Å². The number of pyridine rings is 1. The molecule has 0 saturated carbocycles. The molecule has 0 bridgehead atoms. The van der Waals surface area contributed by atoms with Crippen LogP contribution in [0.1, 0.15) is 5.56 Å². The molecule has 0 aliphatic rings. The van der Waals surface area contributed by atoms with Gasteiger partial charge < -0.3 is 10.1 Å². The number of nitrogens with zero attached hydrogens (tertiary/aromatic N) is 3. The molecule has 0 fully saturated rings. The average Bonchev–Trinajstić information content (AvgIpc) is 2.68. The van der Waals surface area contributed by atoms with Gasteiger partial charge in [0.1, 0.15) is 5.02 Å². The molecule has 28 heavy (non-hydrogen) atoms. The Labute approximate surface area is 162 Å². The van der Waals surface area contributed by atoms with Crippen LogP contribution in [0.3, 0.4) is 0 Å². The van der Waals surface area contributed by atoms with Crippen molar-refractivity contribution in [3.8, 4) is 11.6 Å². The Hall–Kier alpha value is -3.07. The van der Waals surface area contributed by atoms with E-state index in [0.29, 0.717) is 16.9 Å². The quantitative estimate of drug-likeness (QED) is 0.668. The van der Waals surface area contributed by atoms with E-state index in [1.165, 1.54) is 23.1 Å². The second kappa shape index (κ2) is 8.30. The molecule has 1 N–H and O–H groups in total. The number of aromatic nitrogens is 3. The Balaban J connectivity index is 1.66. The standard InChI is InChI=1S/C18H14ClF3N4O2/c19-16-14(10-25-26(17(16)27)13-4-2-1-3-5-13)23-8-12-6-7-15(24-9-12)28-11-18(20,21)22/h1-7,9-10,23H,8,11H2. The molecule has 0 aliphatic heterocycles. The van der Waals surface area contributed by atoms with Gasteiger partial charge in [-0.15, -0.1) is 0 Å². The lowest BCUT2D eigenvalue weighted by Crippen LogP contribution is -2.22. The van der Waals surface area contributed by atoms with E-state index in [1.54, 1.807) is 30.3 Å². The number of halogens is 4. The number of benzene rings is 1. The molecule has 146 valence electrons. The molecule has 0 atom stereocenters. The second-order valence-electron chi connectivity index (χ2n) is 5.69. The molecular weight excluding hydrogens is 397 g/mol. The molecule has 0 saturated heterocycles. The van der Waals surface area contributed by atoms with Crippen LogP contribution in [-0.2, 0) is 6.54 Å². The fourth-order valence-electron chi connectivity index (χ4n) is 2.26. The van der Waals surface area contributed by atoms with Crippen LogP contribution in [0.2, 0.25) is 5.02 Å². The van der Waals surface area contributed by atoms with Gasteiger partial charge in [0.15, 0.2) is 6.61 Å². The molecule has 0 amide bonds. The molecule has 3 rings (SSSR count). The van der Waals surface area contributed by atoms with E-state index in [4.69, 9.17) is 11.6 Å². The van der Waals surface area contributed by atoms with E-state index in [9.17, 15) is 18.0 Å². The fourth-order valence-corrected chi connectivity index (χ4v) is 2.46. The van der Waals surface area contributed by atoms with Crippen LogP contribution < -0.4 is 15.6 Å². The summed E-state index contributed by atoms with van der Waals surface area (Å²) in [5.74, 6) is -0.133. The summed E-state index contributed by atoms with van der Waals surface area (Å²) in [4.78, 5) is 16.2. The topological polar surface area (TPSA) is 69.0 Å². The lowest BCUT2D eigenvalue weighted by Gasteiger charge is -2.11. The minimum atomic E-state index is -4.42. The van der Waals surface area contributed by atoms with Gasteiger partial charge in [0.2, 0.25) is 5.88 Å². The predicted octanol–water partition coefficient (Wildman–Crippen LogP) is 3.83. The van der Waals surface area contributed by atoms with Crippen LogP contribution in [-0.4, -0.2) is 27.5 Å². The molecule has 0 unspecified atom stereocenters. The van der Waals surface area contributed by atoms with Crippen LogP contribution in [0.25, 0.3) is 5.69 Å². The van der Waals surface area contributed by atoms with Gasteiger partial charge in [-0.25, -0.2) is 4.98 Å². The summed E-state index contributed by atoms with van der Waals surface area (Å²) in [6.07, 6.45) is -1.64. The van der Waals surface area contributed by atoms with Crippen molar-refractivity contribution in [3.05, 3.63) is 75.8 Å². The molecule has 2 heterocycles. The van der Waals surface area contributed by atoms with E-state index in [0.717, 1.165) is 0 Å². The summed E-state index contributed by atoms with van der Waals surface area (Å²) in [5.41, 5.74) is 1.09. The van der Waals surface area contributed by atoms with Crippen molar-refractivity contribution in [3.63, 3.8) is 0 Å². The SMILES string of the molecule is O=c1c(Cl)c(NCc2ccc(OCC(F)(F)F)nc2)cnn1-c1ccccc1. The third kappa shape index (κ3) is 5.01. The predicted molar refractivity (Wildman–Crippen MR) is 98.0 cm³/mol. The van der Waals surface area contributed by atoms with Gasteiger partial charge in [-0.3, -0.25) is 4.79 Å². The average molecular weight is 411 g/mol. The van der Waals surface area contributed by atoms with Crippen molar-refractivity contribution in [2.24, 2.45) is 0 Å². The van der Waals surface area contributed by atoms with E-state index < -0.39 is 18.3 Å². The van der Waals surface area contributed by atoms with Crippen LogP contribution in [0.4, 0.5) is 18.9 Å². The highest BCUT2D eigenvalue weighted by Crippen LogP contribution is 2.19. The first-order valence-electron chi connectivity index (χ1n) is 8.05. The fraction of sp³-hybridized carbons (Fsp3) is 0.167. The van der Waals surface area contributed by atoms with Crippen LogP contribution in [0.15, 0.2) is 59.7 Å². The number of hydrogen-bond donors (Lipinski definition) is 1. The van der Waals surface area contributed by atoms with Crippen LogP contribution in [0.5, 0.6) is 5.88 Å².